The molecule has 6 nitrogen and oxygen atoms in total. The summed E-state index contributed by atoms with van der Waals surface area (Å²) >= 11 is 0. The van der Waals surface area contributed by atoms with Crippen LogP contribution in [0.25, 0.3) is 5.69 Å². The predicted octanol–water partition coefficient (Wildman–Crippen LogP) is 3.76. The van der Waals surface area contributed by atoms with Gasteiger partial charge in [0.25, 0.3) is 0 Å². The van der Waals surface area contributed by atoms with Crippen molar-refractivity contribution in [3.8, 4) is 11.4 Å². The van der Waals surface area contributed by atoms with E-state index in [4.69, 9.17) is 4.74 Å². The molecule has 0 saturated heterocycles. The second-order valence-electron chi connectivity index (χ2n) is 6.04. The van der Waals surface area contributed by atoms with Crippen LogP contribution >= 0.6 is 24.0 Å². The number of rotatable bonds is 8. The third-order valence-electron chi connectivity index (χ3n) is 3.97. The summed E-state index contributed by atoms with van der Waals surface area (Å²) < 4.78 is 21.6. The van der Waals surface area contributed by atoms with Crippen LogP contribution in [0.2, 0.25) is 0 Å². The fraction of sp³-hybridized carbons (Fsp3) is 0.238. The number of para-hydroxylation sites is 1. The van der Waals surface area contributed by atoms with E-state index in [1.54, 1.807) is 29.4 Å². The first-order chi connectivity index (χ1) is 13.8. The van der Waals surface area contributed by atoms with Gasteiger partial charge in [0.2, 0.25) is 0 Å². The number of nitrogens with zero attached hydrogens (tertiary/aromatic N) is 3. The summed E-state index contributed by atoms with van der Waals surface area (Å²) in [6.07, 6.45) is 4.90. The van der Waals surface area contributed by atoms with Crippen LogP contribution in [0.15, 0.2) is 72.2 Å². The lowest BCUT2D eigenvalue weighted by Crippen LogP contribution is -2.39. The van der Waals surface area contributed by atoms with Crippen molar-refractivity contribution in [2.24, 2.45) is 4.99 Å². The average molecular weight is 509 g/mol. The van der Waals surface area contributed by atoms with Crippen LogP contribution in [0.4, 0.5) is 4.39 Å². The summed E-state index contributed by atoms with van der Waals surface area (Å²) in [5, 5.41) is 6.39. The van der Waals surface area contributed by atoms with E-state index in [1.807, 2.05) is 43.3 Å². The lowest BCUT2D eigenvalue weighted by atomic mass is 10.2. The van der Waals surface area contributed by atoms with Gasteiger partial charge in [0, 0.05) is 18.9 Å². The van der Waals surface area contributed by atoms with Crippen molar-refractivity contribution in [1.29, 1.82) is 0 Å². The Kier molecular flexibility index (Phi) is 9.42. The lowest BCUT2D eigenvalue weighted by Gasteiger charge is -2.12. The van der Waals surface area contributed by atoms with Crippen molar-refractivity contribution < 1.29 is 9.13 Å². The highest BCUT2D eigenvalue weighted by Crippen LogP contribution is 2.15. The molecule has 0 saturated carbocycles. The van der Waals surface area contributed by atoms with Crippen LogP contribution in [0.1, 0.15) is 12.5 Å². The van der Waals surface area contributed by atoms with Gasteiger partial charge in [0.1, 0.15) is 18.2 Å². The van der Waals surface area contributed by atoms with E-state index in [9.17, 15) is 4.39 Å². The van der Waals surface area contributed by atoms with Crippen LogP contribution in [-0.4, -0.2) is 35.2 Å². The Labute approximate surface area is 187 Å². The minimum atomic E-state index is -0.306. The number of benzene rings is 2. The molecule has 29 heavy (non-hydrogen) atoms. The number of nitrogens with one attached hydrogen (secondary N) is 2. The Hall–Kier alpha value is -2.62. The summed E-state index contributed by atoms with van der Waals surface area (Å²) in [5.74, 6) is 1.19. The van der Waals surface area contributed by atoms with Gasteiger partial charge in [-0.15, -0.1) is 24.0 Å². The molecular formula is C21H25FIN5O. The molecule has 2 N–H and O–H groups in total. The number of halogens is 2. The van der Waals surface area contributed by atoms with Crippen molar-refractivity contribution in [3.05, 3.63) is 78.6 Å². The molecule has 0 bridgehead atoms. The van der Waals surface area contributed by atoms with Crippen molar-refractivity contribution in [1.82, 2.24) is 20.2 Å². The van der Waals surface area contributed by atoms with Gasteiger partial charge in [-0.05, 0) is 36.8 Å². The zero-order valence-electron chi connectivity index (χ0n) is 16.2. The largest absolute Gasteiger partial charge is 0.492 e. The molecular weight excluding hydrogens is 484 g/mol. The standard InChI is InChI=1S/C21H24FN5O.HI/c1-2-24-21(25-11-13-28-18-6-4-3-5-7-18)26-15-17-8-9-20(19(22)14-17)27-12-10-23-16-27;/h3-10,12,14,16H,2,11,13,15H2,1H3,(H2,24,25,26);1H. The van der Waals surface area contributed by atoms with Gasteiger partial charge in [0.15, 0.2) is 5.96 Å². The van der Waals surface area contributed by atoms with E-state index < -0.39 is 0 Å². The van der Waals surface area contributed by atoms with E-state index in [1.165, 1.54) is 6.07 Å². The highest BCUT2D eigenvalue weighted by atomic mass is 127. The lowest BCUT2D eigenvalue weighted by molar-refractivity contribution is 0.322. The second-order valence-corrected chi connectivity index (χ2v) is 6.04. The molecule has 3 rings (SSSR count). The number of hydrogen-bond donors (Lipinski definition) is 2. The maximum Gasteiger partial charge on any atom is 0.191 e. The molecule has 0 aliphatic heterocycles. The Morgan fingerprint density at radius 2 is 2.00 bits per heavy atom. The first-order valence-corrected chi connectivity index (χ1v) is 9.23. The Morgan fingerprint density at radius 3 is 2.69 bits per heavy atom. The smallest absolute Gasteiger partial charge is 0.191 e. The van der Waals surface area contributed by atoms with Gasteiger partial charge in [-0.3, -0.25) is 0 Å². The van der Waals surface area contributed by atoms with Crippen LogP contribution in [0.3, 0.4) is 0 Å². The molecule has 2 aromatic carbocycles. The first kappa shape index (κ1) is 22.7. The normalized spacial score (nSPS) is 10.9. The number of aromatic nitrogens is 2. The minimum absolute atomic E-state index is 0. The highest BCUT2D eigenvalue weighted by molar-refractivity contribution is 14.0. The van der Waals surface area contributed by atoms with Gasteiger partial charge in [-0.2, -0.15) is 0 Å². The van der Waals surface area contributed by atoms with E-state index in [0.717, 1.165) is 17.9 Å². The SMILES string of the molecule is CCNC(=NCc1ccc(-n2ccnc2)c(F)c1)NCCOc1ccccc1.I. The number of aliphatic imine (C=N–C) groups is 1. The molecule has 0 fully saturated rings. The molecule has 0 aliphatic rings. The van der Waals surface area contributed by atoms with E-state index >= 15 is 0 Å². The van der Waals surface area contributed by atoms with Crippen molar-refractivity contribution in [2.45, 2.75) is 13.5 Å². The summed E-state index contributed by atoms with van der Waals surface area (Å²) in [6.45, 7) is 4.23. The van der Waals surface area contributed by atoms with Crippen molar-refractivity contribution >= 4 is 29.9 Å². The maximum absolute atomic E-state index is 14.4. The fourth-order valence-electron chi connectivity index (χ4n) is 2.63. The molecule has 8 heteroatoms. The monoisotopic (exact) mass is 509 g/mol. The Bertz CT molecular complexity index is 887. The van der Waals surface area contributed by atoms with Crippen LogP contribution in [0.5, 0.6) is 5.75 Å². The molecule has 1 heterocycles. The van der Waals surface area contributed by atoms with Gasteiger partial charge in [0.05, 0.1) is 25.1 Å². The van der Waals surface area contributed by atoms with Crippen LogP contribution in [0, 0.1) is 5.82 Å². The van der Waals surface area contributed by atoms with Gasteiger partial charge in [-0.1, -0.05) is 24.3 Å². The fourth-order valence-corrected chi connectivity index (χ4v) is 2.63. The zero-order valence-corrected chi connectivity index (χ0v) is 18.5. The van der Waals surface area contributed by atoms with E-state index in [-0.39, 0.29) is 29.8 Å². The van der Waals surface area contributed by atoms with E-state index in [2.05, 4.69) is 20.6 Å². The average Bonchev–Trinajstić information content (AvgIpc) is 3.24. The van der Waals surface area contributed by atoms with Crippen molar-refractivity contribution in [3.63, 3.8) is 0 Å². The quantitative estimate of drug-likeness (QED) is 0.210. The Balaban J connectivity index is 0.00000300. The molecule has 0 atom stereocenters. The third kappa shape index (κ3) is 7.04. The second kappa shape index (κ2) is 12.1. The van der Waals surface area contributed by atoms with Crippen molar-refractivity contribution in [2.75, 3.05) is 19.7 Å². The maximum atomic E-state index is 14.4. The summed E-state index contributed by atoms with van der Waals surface area (Å²) in [5.41, 5.74) is 1.26. The number of ether oxygens (including phenoxy) is 1. The molecule has 1 aromatic heterocycles. The number of imidazole rings is 1. The molecule has 0 aliphatic carbocycles. The predicted molar refractivity (Wildman–Crippen MR) is 124 cm³/mol. The zero-order chi connectivity index (χ0) is 19.6. The first-order valence-electron chi connectivity index (χ1n) is 9.23. The molecule has 0 radical (unpaired) electrons. The summed E-state index contributed by atoms with van der Waals surface area (Å²) in [4.78, 5) is 8.46. The van der Waals surface area contributed by atoms with Gasteiger partial charge in [-0.25, -0.2) is 14.4 Å². The number of guanidine groups is 1. The Morgan fingerprint density at radius 1 is 1.17 bits per heavy atom. The van der Waals surface area contributed by atoms with Crippen LogP contribution in [-0.2, 0) is 6.54 Å². The summed E-state index contributed by atoms with van der Waals surface area (Å²) in [7, 11) is 0. The van der Waals surface area contributed by atoms with E-state index in [0.29, 0.717) is 31.3 Å². The molecule has 0 unspecified atom stereocenters. The van der Waals surface area contributed by atoms with Gasteiger partial charge < -0.3 is 19.9 Å². The molecule has 3 aromatic rings. The third-order valence-corrected chi connectivity index (χ3v) is 3.97. The van der Waals surface area contributed by atoms with Gasteiger partial charge >= 0.3 is 0 Å². The minimum Gasteiger partial charge on any atom is -0.492 e. The number of hydrogen-bond acceptors (Lipinski definition) is 3. The van der Waals surface area contributed by atoms with Crippen LogP contribution < -0.4 is 15.4 Å². The molecule has 0 amide bonds. The molecule has 0 spiro atoms. The highest BCUT2D eigenvalue weighted by Gasteiger charge is 2.05. The molecule has 154 valence electrons. The topological polar surface area (TPSA) is 63.5 Å². The summed E-state index contributed by atoms with van der Waals surface area (Å²) in [6, 6.07) is 14.8.